The first-order valence-electron chi connectivity index (χ1n) is 5.85. The molecule has 94 valence electrons. The van der Waals surface area contributed by atoms with E-state index in [4.69, 9.17) is 0 Å². The van der Waals surface area contributed by atoms with Crippen molar-refractivity contribution in [1.29, 1.82) is 0 Å². The molecule has 0 saturated heterocycles. The summed E-state index contributed by atoms with van der Waals surface area (Å²) >= 11 is 0. The Labute approximate surface area is 97.7 Å². The summed E-state index contributed by atoms with van der Waals surface area (Å²) in [5.74, 6) is -0.120. The van der Waals surface area contributed by atoms with Crippen LogP contribution in [-0.4, -0.2) is 25.0 Å². The predicted molar refractivity (Wildman–Crippen MR) is 62.8 cm³/mol. The van der Waals surface area contributed by atoms with Crippen LogP contribution in [0.5, 0.6) is 0 Å². The molecular weight excluding hydrogens is 206 g/mol. The first-order chi connectivity index (χ1) is 7.40. The fourth-order valence-electron chi connectivity index (χ4n) is 1.72. The first-order valence-corrected chi connectivity index (χ1v) is 5.85. The van der Waals surface area contributed by atoms with Gasteiger partial charge in [-0.25, -0.2) is 4.79 Å². The maximum atomic E-state index is 11.3. The third kappa shape index (κ3) is 5.14. The minimum atomic E-state index is -0.797. The number of nitrogens with one attached hydrogen (secondary N) is 1. The average molecular weight is 229 g/mol. The Hall–Kier alpha value is -1.06. The summed E-state index contributed by atoms with van der Waals surface area (Å²) in [6.07, 6.45) is 0. The van der Waals surface area contributed by atoms with Gasteiger partial charge in [-0.15, -0.1) is 0 Å². The van der Waals surface area contributed by atoms with E-state index in [0.29, 0.717) is 24.3 Å². The Morgan fingerprint density at radius 2 is 1.62 bits per heavy atom. The van der Waals surface area contributed by atoms with Crippen molar-refractivity contribution < 1.29 is 14.3 Å². The van der Waals surface area contributed by atoms with Gasteiger partial charge in [0, 0.05) is 6.54 Å². The van der Waals surface area contributed by atoms with Gasteiger partial charge in [-0.05, 0) is 24.7 Å². The second-order valence-corrected chi connectivity index (χ2v) is 4.58. The summed E-state index contributed by atoms with van der Waals surface area (Å²) < 4.78 is 4.61. The zero-order valence-corrected chi connectivity index (χ0v) is 10.9. The molecule has 0 aromatic heterocycles. The van der Waals surface area contributed by atoms with Crippen molar-refractivity contribution in [3.63, 3.8) is 0 Å². The van der Waals surface area contributed by atoms with Crippen LogP contribution < -0.4 is 5.32 Å². The Morgan fingerprint density at radius 3 is 2.00 bits per heavy atom. The SMILES string of the molecule is CCOC(=O)C(=O)NCC(C(C)C)C(C)C. The smallest absolute Gasteiger partial charge is 0.396 e. The van der Waals surface area contributed by atoms with E-state index in [1.807, 2.05) is 0 Å². The summed E-state index contributed by atoms with van der Waals surface area (Å²) in [6, 6.07) is 0. The molecule has 0 spiro atoms. The van der Waals surface area contributed by atoms with E-state index < -0.39 is 11.9 Å². The first kappa shape index (κ1) is 14.9. The molecule has 0 saturated carbocycles. The van der Waals surface area contributed by atoms with Gasteiger partial charge in [0.2, 0.25) is 0 Å². The van der Waals surface area contributed by atoms with Crippen molar-refractivity contribution >= 4 is 11.9 Å². The molecule has 0 bridgehead atoms. The number of rotatable bonds is 5. The average Bonchev–Trinajstić information content (AvgIpc) is 2.16. The van der Waals surface area contributed by atoms with Crippen molar-refractivity contribution in [1.82, 2.24) is 5.32 Å². The van der Waals surface area contributed by atoms with Gasteiger partial charge in [-0.1, -0.05) is 27.7 Å². The summed E-state index contributed by atoms with van der Waals surface area (Å²) in [4.78, 5) is 22.4. The van der Waals surface area contributed by atoms with Crippen LogP contribution in [0, 0.1) is 17.8 Å². The molecule has 0 aromatic carbocycles. The van der Waals surface area contributed by atoms with Gasteiger partial charge in [0.1, 0.15) is 0 Å². The van der Waals surface area contributed by atoms with Crippen molar-refractivity contribution in [2.24, 2.45) is 17.8 Å². The van der Waals surface area contributed by atoms with Crippen molar-refractivity contribution in [3.8, 4) is 0 Å². The normalized spacial score (nSPS) is 11.0. The minimum absolute atomic E-state index is 0.226. The Morgan fingerprint density at radius 1 is 1.12 bits per heavy atom. The van der Waals surface area contributed by atoms with E-state index in [1.165, 1.54) is 0 Å². The molecule has 0 aliphatic carbocycles. The molecule has 0 aliphatic heterocycles. The van der Waals surface area contributed by atoms with E-state index in [9.17, 15) is 9.59 Å². The fraction of sp³-hybridized carbons (Fsp3) is 0.833. The molecule has 0 heterocycles. The monoisotopic (exact) mass is 229 g/mol. The highest BCUT2D eigenvalue weighted by Gasteiger charge is 2.20. The van der Waals surface area contributed by atoms with Crippen LogP contribution >= 0.6 is 0 Å². The fourth-order valence-corrected chi connectivity index (χ4v) is 1.72. The number of hydrogen-bond donors (Lipinski definition) is 1. The Bertz CT molecular complexity index is 228. The third-order valence-electron chi connectivity index (χ3n) is 2.67. The summed E-state index contributed by atoms with van der Waals surface area (Å²) in [5.41, 5.74) is 0. The van der Waals surface area contributed by atoms with Crippen molar-refractivity contribution in [2.45, 2.75) is 34.6 Å². The van der Waals surface area contributed by atoms with E-state index in [-0.39, 0.29) is 6.61 Å². The van der Waals surface area contributed by atoms with E-state index in [1.54, 1.807) is 6.92 Å². The molecule has 0 fully saturated rings. The van der Waals surface area contributed by atoms with Gasteiger partial charge in [0.25, 0.3) is 0 Å². The lowest BCUT2D eigenvalue weighted by Crippen LogP contribution is -2.38. The molecule has 1 amide bonds. The van der Waals surface area contributed by atoms with Gasteiger partial charge >= 0.3 is 11.9 Å². The number of amides is 1. The molecule has 16 heavy (non-hydrogen) atoms. The van der Waals surface area contributed by atoms with Gasteiger partial charge < -0.3 is 10.1 Å². The highest BCUT2D eigenvalue weighted by molar-refractivity contribution is 6.32. The molecule has 0 rings (SSSR count). The molecule has 0 radical (unpaired) electrons. The number of carbonyl (C=O) groups is 2. The molecule has 0 aromatic rings. The second-order valence-electron chi connectivity index (χ2n) is 4.58. The molecular formula is C12H23NO3. The zero-order chi connectivity index (χ0) is 12.7. The van der Waals surface area contributed by atoms with Crippen LogP contribution in [0.25, 0.3) is 0 Å². The lowest BCUT2D eigenvalue weighted by atomic mass is 9.85. The van der Waals surface area contributed by atoms with Crippen molar-refractivity contribution in [3.05, 3.63) is 0 Å². The molecule has 0 unspecified atom stereocenters. The summed E-state index contributed by atoms with van der Waals surface area (Å²) in [7, 11) is 0. The largest absolute Gasteiger partial charge is 0.459 e. The zero-order valence-electron chi connectivity index (χ0n) is 10.9. The molecule has 0 atom stereocenters. The molecule has 1 N–H and O–H groups in total. The van der Waals surface area contributed by atoms with Crippen LogP contribution in [0.2, 0.25) is 0 Å². The van der Waals surface area contributed by atoms with E-state index in [2.05, 4.69) is 37.7 Å². The van der Waals surface area contributed by atoms with Crippen LogP contribution in [0.1, 0.15) is 34.6 Å². The van der Waals surface area contributed by atoms with E-state index in [0.717, 1.165) is 0 Å². The van der Waals surface area contributed by atoms with Crippen LogP contribution in [0.15, 0.2) is 0 Å². The second kappa shape index (κ2) is 7.25. The lowest BCUT2D eigenvalue weighted by Gasteiger charge is -2.24. The van der Waals surface area contributed by atoms with Gasteiger partial charge in [0.15, 0.2) is 0 Å². The number of ether oxygens (including phenoxy) is 1. The molecule has 4 nitrogen and oxygen atoms in total. The van der Waals surface area contributed by atoms with Crippen LogP contribution in [-0.2, 0) is 14.3 Å². The minimum Gasteiger partial charge on any atom is -0.459 e. The predicted octanol–water partition coefficient (Wildman–Crippen LogP) is 1.59. The standard InChI is InChI=1S/C12H23NO3/c1-6-16-12(15)11(14)13-7-10(8(2)3)9(4)5/h8-10H,6-7H2,1-5H3,(H,13,14). The summed E-state index contributed by atoms with van der Waals surface area (Å²) in [6.45, 7) is 10.9. The van der Waals surface area contributed by atoms with E-state index >= 15 is 0 Å². The lowest BCUT2D eigenvalue weighted by molar-refractivity contribution is -0.154. The highest BCUT2D eigenvalue weighted by Crippen LogP contribution is 2.19. The Balaban J connectivity index is 4.11. The number of carbonyl (C=O) groups excluding carboxylic acids is 2. The Kier molecular flexibility index (Phi) is 6.77. The highest BCUT2D eigenvalue weighted by atomic mass is 16.5. The maximum absolute atomic E-state index is 11.3. The maximum Gasteiger partial charge on any atom is 0.396 e. The van der Waals surface area contributed by atoms with Gasteiger partial charge in [0.05, 0.1) is 6.61 Å². The number of hydrogen-bond acceptors (Lipinski definition) is 3. The summed E-state index contributed by atoms with van der Waals surface area (Å²) in [5, 5.41) is 2.62. The quantitative estimate of drug-likeness (QED) is 0.575. The third-order valence-corrected chi connectivity index (χ3v) is 2.67. The molecule has 4 heteroatoms. The topological polar surface area (TPSA) is 55.4 Å². The molecule has 0 aliphatic rings. The van der Waals surface area contributed by atoms with Crippen LogP contribution in [0.4, 0.5) is 0 Å². The number of esters is 1. The van der Waals surface area contributed by atoms with Gasteiger partial charge in [-0.2, -0.15) is 0 Å². The van der Waals surface area contributed by atoms with Crippen LogP contribution in [0.3, 0.4) is 0 Å². The van der Waals surface area contributed by atoms with Gasteiger partial charge in [-0.3, -0.25) is 4.79 Å². The van der Waals surface area contributed by atoms with Crippen molar-refractivity contribution in [2.75, 3.05) is 13.2 Å².